The Kier molecular flexibility index (Phi) is 4.14. The quantitative estimate of drug-likeness (QED) is 0.475. The van der Waals surface area contributed by atoms with Gasteiger partial charge in [0.25, 0.3) is 0 Å². The summed E-state index contributed by atoms with van der Waals surface area (Å²) in [6.07, 6.45) is 0.712. The second kappa shape index (κ2) is 5.83. The van der Waals surface area contributed by atoms with E-state index in [0.717, 1.165) is 0 Å². The molecule has 2 aromatic carbocycles. The lowest BCUT2D eigenvalue weighted by molar-refractivity contribution is -0.386. The van der Waals surface area contributed by atoms with Crippen LogP contribution in [0.2, 0.25) is 0 Å². The minimum absolute atomic E-state index is 0.0705. The van der Waals surface area contributed by atoms with Crippen molar-refractivity contribution in [3.8, 4) is 11.5 Å². The number of aryl methyl sites for hydroxylation is 1. The van der Waals surface area contributed by atoms with Crippen LogP contribution in [0.5, 0.6) is 11.5 Å². The van der Waals surface area contributed by atoms with Crippen molar-refractivity contribution in [2.45, 2.75) is 6.92 Å². The summed E-state index contributed by atoms with van der Waals surface area (Å²) in [5, 5.41) is 11.1. The average molecular weight is 336 g/mol. The lowest BCUT2D eigenvalue weighted by Crippen LogP contribution is -1.96. The van der Waals surface area contributed by atoms with Crippen LogP contribution >= 0.6 is 15.9 Å². The van der Waals surface area contributed by atoms with E-state index in [1.54, 1.807) is 37.3 Å². The number of rotatable bonds is 4. The van der Waals surface area contributed by atoms with Crippen LogP contribution in [0.1, 0.15) is 15.9 Å². The highest BCUT2D eigenvalue weighted by molar-refractivity contribution is 9.10. The molecule has 20 heavy (non-hydrogen) atoms. The number of benzene rings is 2. The van der Waals surface area contributed by atoms with Gasteiger partial charge in [0.2, 0.25) is 5.75 Å². The maximum absolute atomic E-state index is 11.1. The van der Waals surface area contributed by atoms with Gasteiger partial charge in [-0.25, -0.2) is 0 Å². The van der Waals surface area contributed by atoms with E-state index in [0.29, 0.717) is 27.6 Å². The first-order chi connectivity index (χ1) is 9.52. The molecule has 0 saturated heterocycles. The van der Waals surface area contributed by atoms with E-state index in [4.69, 9.17) is 4.74 Å². The van der Waals surface area contributed by atoms with Crippen molar-refractivity contribution in [2.75, 3.05) is 0 Å². The first-order valence-electron chi connectivity index (χ1n) is 5.69. The number of aldehydes is 1. The predicted molar refractivity (Wildman–Crippen MR) is 77.4 cm³/mol. The zero-order valence-electron chi connectivity index (χ0n) is 10.5. The first-order valence-corrected chi connectivity index (χ1v) is 6.49. The van der Waals surface area contributed by atoms with Crippen LogP contribution in [-0.2, 0) is 0 Å². The van der Waals surface area contributed by atoms with Gasteiger partial charge in [-0.2, -0.15) is 0 Å². The van der Waals surface area contributed by atoms with E-state index in [-0.39, 0.29) is 11.4 Å². The Morgan fingerprint density at radius 2 is 2.00 bits per heavy atom. The lowest BCUT2D eigenvalue weighted by Gasteiger charge is -2.09. The minimum atomic E-state index is -0.474. The zero-order valence-corrected chi connectivity index (χ0v) is 12.1. The van der Waals surface area contributed by atoms with Crippen LogP contribution in [0.4, 0.5) is 5.69 Å². The predicted octanol–water partition coefficient (Wildman–Crippen LogP) is 4.27. The Morgan fingerprint density at radius 3 is 2.60 bits per heavy atom. The fraction of sp³-hybridized carbons (Fsp3) is 0.0714. The van der Waals surface area contributed by atoms with E-state index < -0.39 is 4.92 Å². The van der Waals surface area contributed by atoms with Gasteiger partial charge in [0, 0.05) is 11.1 Å². The summed E-state index contributed by atoms with van der Waals surface area (Å²) in [5.41, 5.74) is 0.940. The molecule has 0 saturated carbocycles. The molecule has 5 nitrogen and oxygen atoms in total. The molecule has 0 aliphatic carbocycles. The van der Waals surface area contributed by atoms with Gasteiger partial charge >= 0.3 is 5.69 Å². The zero-order chi connectivity index (χ0) is 14.7. The Bertz CT molecular complexity index is 685. The highest BCUT2D eigenvalue weighted by Gasteiger charge is 2.19. The molecular weight excluding hydrogens is 326 g/mol. The Labute approximate surface area is 123 Å². The van der Waals surface area contributed by atoms with Gasteiger partial charge in [0.1, 0.15) is 12.0 Å². The van der Waals surface area contributed by atoms with Crippen LogP contribution in [0.15, 0.2) is 40.9 Å². The van der Waals surface area contributed by atoms with Gasteiger partial charge < -0.3 is 4.74 Å². The molecule has 6 heteroatoms. The second-order valence-corrected chi connectivity index (χ2v) is 4.94. The molecule has 0 spiro atoms. The van der Waals surface area contributed by atoms with E-state index in [1.165, 1.54) is 6.07 Å². The molecule has 0 heterocycles. The fourth-order valence-corrected chi connectivity index (χ4v) is 2.22. The Hall–Kier alpha value is -2.21. The van der Waals surface area contributed by atoms with Gasteiger partial charge in [-0.3, -0.25) is 14.9 Å². The van der Waals surface area contributed by atoms with E-state index in [1.807, 2.05) is 0 Å². The lowest BCUT2D eigenvalue weighted by atomic mass is 10.2. The third-order valence-corrected chi connectivity index (χ3v) is 3.31. The van der Waals surface area contributed by atoms with E-state index >= 15 is 0 Å². The molecule has 102 valence electrons. The minimum Gasteiger partial charge on any atom is -0.449 e. The third kappa shape index (κ3) is 2.85. The van der Waals surface area contributed by atoms with Crippen LogP contribution < -0.4 is 4.74 Å². The van der Waals surface area contributed by atoms with E-state index in [2.05, 4.69) is 15.9 Å². The standard InChI is InChI=1S/C14H10BrNO4/c1-9-3-2-4-13(14(9)16(18)19)20-12-6-5-10(8-17)7-11(12)15/h2-8H,1H3. The molecule has 0 aliphatic heterocycles. The van der Waals surface area contributed by atoms with Crippen LogP contribution in [0, 0.1) is 17.0 Å². The number of hydrogen-bond donors (Lipinski definition) is 0. The molecule has 0 bridgehead atoms. The second-order valence-electron chi connectivity index (χ2n) is 4.09. The summed E-state index contributed by atoms with van der Waals surface area (Å²) in [5.74, 6) is 0.568. The number of para-hydroxylation sites is 1. The largest absolute Gasteiger partial charge is 0.449 e. The van der Waals surface area contributed by atoms with Gasteiger partial charge in [-0.15, -0.1) is 0 Å². The SMILES string of the molecule is Cc1cccc(Oc2ccc(C=O)cc2Br)c1[N+](=O)[O-]. The van der Waals surface area contributed by atoms with Gasteiger partial charge in [0.15, 0.2) is 0 Å². The van der Waals surface area contributed by atoms with Gasteiger partial charge in [-0.1, -0.05) is 12.1 Å². The molecular formula is C14H10BrNO4. The molecule has 0 aliphatic rings. The van der Waals surface area contributed by atoms with Crippen molar-refractivity contribution in [3.05, 3.63) is 62.1 Å². The number of carbonyl (C=O) groups is 1. The Morgan fingerprint density at radius 1 is 1.25 bits per heavy atom. The number of hydrogen-bond acceptors (Lipinski definition) is 4. The van der Waals surface area contributed by atoms with Gasteiger partial charge in [-0.05, 0) is 47.1 Å². The van der Waals surface area contributed by atoms with Crippen molar-refractivity contribution >= 4 is 27.9 Å². The van der Waals surface area contributed by atoms with Gasteiger partial charge in [0.05, 0.1) is 9.40 Å². The summed E-state index contributed by atoms with van der Waals surface area (Å²) < 4.78 is 6.13. The monoisotopic (exact) mass is 335 g/mol. The third-order valence-electron chi connectivity index (χ3n) is 2.70. The molecule has 0 unspecified atom stereocenters. The molecule has 0 amide bonds. The van der Waals surface area contributed by atoms with Crippen molar-refractivity contribution in [1.82, 2.24) is 0 Å². The maximum atomic E-state index is 11.1. The highest BCUT2D eigenvalue weighted by Crippen LogP contribution is 2.36. The fourth-order valence-electron chi connectivity index (χ4n) is 1.74. The summed E-state index contributed by atoms with van der Waals surface area (Å²) in [6.45, 7) is 1.65. The Balaban J connectivity index is 2.42. The summed E-state index contributed by atoms with van der Waals surface area (Å²) in [4.78, 5) is 21.3. The van der Waals surface area contributed by atoms with Crippen molar-refractivity contribution in [3.63, 3.8) is 0 Å². The average Bonchev–Trinajstić information content (AvgIpc) is 2.40. The molecule has 0 aromatic heterocycles. The maximum Gasteiger partial charge on any atom is 0.314 e. The highest BCUT2D eigenvalue weighted by atomic mass is 79.9. The van der Waals surface area contributed by atoms with Crippen molar-refractivity contribution < 1.29 is 14.5 Å². The van der Waals surface area contributed by atoms with Crippen molar-refractivity contribution in [1.29, 1.82) is 0 Å². The normalized spacial score (nSPS) is 10.1. The summed E-state index contributed by atoms with van der Waals surface area (Å²) >= 11 is 3.27. The summed E-state index contributed by atoms with van der Waals surface area (Å²) in [7, 11) is 0. The van der Waals surface area contributed by atoms with Crippen LogP contribution in [-0.4, -0.2) is 11.2 Å². The molecule has 2 rings (SSSR count). The molecule has 0 atom stereocenters. The van der Waals surface area contributed by atoms with Crippen LogP contribution in [0.3, 0.4) is 0 Å². The number of nitro groups is 1. The number of halogens is 1. The summed E-state index contributed by atoms with van der Waals surface area (Å²) in [6, 6.07) is 9.62. The van der Waals surface area contributed by atoms with Crippen molar-refractivity contribution in [2.24, 2.45) is 0 Å². The molecule has 0 fully saturated rings. The topological polar surface area (TPSA) is 69.4 Å². The number of nitrogens with zero attached hydrogens (tertiary/aromatic N) is 1. The molecule has 2 aromatic rings. The molecule has 0 N–H and O–H groups in total. The molecule has 0 radical (unpaired) electrons. The number of ether oxygens (including phenoxy) is 1. The first kappa shape index (κ1) is 14.2. The number of nitro benzene ring substituents is 1. The van der Waals surface area contributed by atoms with E-state index in [9.17, 15) is 14.9 Å². The van der Waals surface area contributed by atoms with Crippen LogP contribution in [0.25, 0.3) is 0 Å². The number of carbonyl (C=O) groups excluding carboxylic acids is 1. The smallest absolute Gasteiger partial charge is 0.314 e.